The maximum absolute atomic E-state index is 12.1. The van der Waals surface area contributed by atoms with Crippen LogP contribution in [0.15, 0.2) is 6.07 Å². The van der Waals surface area contributed by atoms with Crippen molar-refractivity contribution in [3.63, 3.8) is 0 Å². The summed E-state index contributed by atoms with van der Waals surface area (Å²) >= 11 is 2.67. The van der Waals surface area contributed by atoms with E-state index in [9.17, 15) is 4.79 Å². The Morgan fingerprint density at radius 3 is 2.85 bits per heavy atom. The molecule has 0 bridgehead atoms. The highest BCUT2D eigenvalue weighted by molar-refractivity contribution is 7.16. The molecule has 2 aromatic rings. The minimum atomic E-state index is -0.204. The first-order chi connectivity index (χ1) is 9.60. The van der Waals surface area contributed by atoms with Crippen LogP contribution in [-0.2, 0) is 0 Å². The summed E-state index contributed by atoms with van der Waals surface area (Å²) in [6.07, 6.45) is 0.433. The normalized spacial score (nSPS) is 9.95. The van der Waals surface area contributed by atoms with Crippen molar-refractivity contribution in [2.45, 2.75) is 20.3 Å². The fourth-order valence-corrected chi connectivity index (χ4v) is 2.95. The fraction of sp³-hybridized carbons (Fsp3) is 0.308. The lowest BCUT2D eigenvalue weighted by molar-refractivity contribution is 0.103. The van der Waals surface area contributed by atoms with Crippen molar-refractivity contribution in [1.29, 1.82) is 0 Å². The van der Waals surface area contributed by atoms with Crippen LogP contribution in [0.25, 0.3) is 0 Å². The van der Waals surface area contributed by atoms with Gasteiger partial charge in [0, 0.05) is 6.42 Å². The van der Waals surface area contributed by atoms with Gasteiger partial charge in [-0.05, 0) is 25.5 Å². The van der Waals surface area contributed by atoms with Crippen molar-refractivity contribution < 1.29 is 9.90 Å². The maximum Gasteiger partial charge on any atom is 0.267 e. The van der Waals surface area contributed by atoms with Crippen molar-refractivity contribution in [2.24, 2.45) is 0 Å². The number of hydrogen-bond donors (Lipinski definition) is 2. The summed E-state index contributed by atoms with van der Waals surface area (Å²) in [6.45, 7) is 3.78. The Morgan fingerprint density at radius 2 is 2.20 bits per heavy atom. The van der Waals surface area contributed by atoms with Gasteiger partial charge in [0.25, 0.3) is 5.91 Å². The first-order valence-electron chi connectivity index (χ1n) is 5.91. The molecule has 0 aliphatic heterocycles. The number of aromatic nitrogens is 2. The molecule has 0 aliphatic carbocycles. The zero-order valence-corrected chi connectivity index (χ0v) is 12.7. The molecule has 0 spiro atoms. The van der Waals surface area contributed by atoms with Gasteiger partial charge in [0.2, 0.25) is 5.13 Å². The third-order valence-corrected chi connectivity index (χ3v) is 4.23. The highest BCUT2D eigenvalue weighted by Gasteiger charge is 2.13. The van der Waals surface area contributed by atoms with E-state index in [1.165, 1.54) is 22.7 Å². The molecule has 2 rings (SSSR count). The Balaban J connectivity index is 2.11. The second-order valence-corrected chi connectivity index (χ2v) is 6.21. The monoisotopic (exact) mass is 307 g/mol. The van der Waals surface area contributed by atoms with Gasteiger partial charge in [-0.15, -0.1) is 21.5 Å². The summed E-state index contributed by atoms with van der Waals surface area (Å²) < 4.78 is 0. The number of carbonyl (C=O) groups is 1. The molecule has 0 unspecified atom stereocenters. The third-order valence-electron chi connectivity index (χ3n) is 2.33. The zero-order valence-electron chi connectivity index (χ0n) is 11.1. The number of nitrogens with zero attached hydrogens (tertiary/aromatic N) is 2. The van der Waals surface area contributed by atoms with Gasteiger partial charge in [-0.2, -0.15) is 0 Å². The van der Waals surface area contributed by atoms with Gasteiger partial charge in [0.05, 0.1) is 16.4 Å². The molecule has 0 aliphatic rings. The maximum atomic E-state index is 12.1. The number of anilines is 1. The first-order valence-corrected chi connectivity index (χ1v) is 7.55. The number of rotatable bonds is 3. The van der Waals surface area contributed by atoms with Gasteiger partial charge in [-0.1, -0.05) is 23.2 Å². The minimum Gasteiger partial charge on any atom is -0.395 e. The van der Waals surface area contributed by atoms with E-state index in [0.717, 1.165) is 15.4 Å². The average Bonchev–Trinajstić information content (AvgIpc) is 2.97. The Kier molecular flexibility index (Phi) is 4.84. The lowest BCUT2D eigenvalue weighted by atomic mass is 10.2. The van der Waals surface area contributed by atoms with Gasteiger partial charge in [-0.3, -0.25) is 10.1 Å². The van der Waals surface area contributed by atoms with E-state index in [4.69, 9.17) is 5.11 Å². The molecule has 2 heterocycles. The second kappa shape index (κ2) is 6.61. The van der Waals surface area contributed by atoms with Crippen molar-refractivity contribution in [3.8, 4) is 11.8 Å². The number of thiophene rings is 1. The SMILES string of the molecule is Cc1nnc(NC(=O)c2cc(C)c(C#CCCO)s2)s1. The second-order valence-electron chi connectivity index (χ2n) is 3.98. The first kappa shape index (κ1) is 14.7. The Bertz CT molecular complexity index is 679. The summed E-state index contributed by atoms with van der Waals surface area (Å²) in [4.78, 5) is 13.5. The fourth-order valence-electron chi connectivity index (χ4n) is 1.42. The van der Waals surface area contributed by atoms with Gasteiger partial charge in [-0.25, -0.2) is 0 Å². The molecule has 2 N–H and O–H groups in total. The van der Waals surface area contributed by atoms with Crippen LogP contribution in [0.4, 0.5) is 5.13 Å². The number of aryl methyl sites for hydroxylation is 2. The highest BCUT2D eigenvalue weighted by Crippen LogP contribution is 2.23. The Morgan fingerprint density at radius 1 is 1.40 bits per heavy atom. The summed E-state index contributed by atoms with van der Waals surface area (Å²) in [5, 5.41) is 20.4. The van der Waals surface area contributed by atoms with E-state index in [-0.39, 0.29) is 12.5 Å². The predicted molar refractivity (Wildman–Crippen MR) is 80.2 cm³/mol. The van der Waals surface area contributed by atoms with Crippen LogP contribution in [0.1, 0.15) is 31.5 Å². The average molecular weight is 307 g/mol. The molecule has 0 atom stereocenters. The lowest BCUT2D eigenvalue weighted by Gasteiger charge is -1.96. The molecule has 0 radical (unpaired) electrons. The molecule has 0 aromatic carbocycles. The minimum absolute atomic E-state index is 0.0428. The van der Waals surface area contributed by atoms with E-state index in [1.54, 1.807) is 6.07 Å². The van der Waals surface area contributed by atoms with Crippen molar-refractivity contribution >= 4 is 33.7 Å². The summed E-state index contributed by atoms with van der Waals surface area (Å²) in [6, 6.07) is 1.80. The zero-order chi connectivity index (χ0) is 14.5. The molecule has 1 amide bonds. The van der Waals surface area contributed by atoms with E-state index in [0.29, 0.717) is 16.4 Å². The molecular weight excluding hydrogens is 294 g/mol. The topological polar surface area (TPSA) is 75.1 Å². The molecule has 0 saturated heterocycles. The van der Waals surface area contributed by atoms with Crippen molar-refractivity contribution in [2.75, 3.05) is 11.9 Å². The molecule has 0 fully saturated rings. The summed E-state index contributed by atoms with van der Waals surface area (Å²) in [7, 11) is 0. The van der Waals surface area contributed by atoms with Crippen LogP contribution in [0, 0.1) is 25.7 Å². The van der Waals surface area contributed by atoms with Crippen LogP contribution in [0.2, 0.25) is 0 Å². The van der Waals surface area contributed by atoms with E-state index >= 15 is 0 Å². The van der Waals surface area contributed by atoms with Crippen molar-refractivity contribution in [1.82, 2.24) is 10.2 Å². The van der Waals surface area contributed by atoms with Gasteiger partial charge < -0.3 is 5.11 Å². The molecule has 0 saturated carbocycles. The highest BCUT2D eigenvalue weighted by atomic mass is 32.1. The van der Waals surface area contributed by atoms with Crippen molar-refractivity contribution in [3.05, 3.63) is 26.4 Å². The smallest absolute Gasteiger partial charge is 0.267 e. The van der Waals surface area contributed by atoms with Crippen LogP contribution in [-0.4, -0.2) is 27.8 Å². The van der Waals surface area contributed by atoms with Gasteiger partial charge in [0.1, 0.15) is 5.01 Å². The standard InChI is InChI=1S/C13H13N3O2S2/c1-8-7-11(20-10(8)5-3-4-6-17)12(18)14-13-16-15-9(2)19-13/h7,17H,4,6H2,1-2H3,(H,14,16,18). The molecule has 7 heteroatoms. The lowest BCUT2D eigenvalue weighted by Crippen LogP contribution is -2.09. The molecule has 5 nitrogen and oxygen atoms in total. The number of aliphatic hydroxyl groups excluding tert-OH is 1. The number of aliphatic hydroxyl groups is 1. The number of carbonyl (C=O) groups excluding carboxylic acids is 1. The molecule has 2 aromatic heterocycles. The molecule has 20 heavy (non-hydrogen) atoms. The number of hydrogen-bond acceptors (Lipinski definition) is 6. The van der Waals surface area contributed by atoms with Gasteiger partial charge in [0.15, 0.2) is 0 Å². The number of amides is 1. The number of nitrogens with one attached hydrogen (secondary N) is 1. The largest absolute Gasteiger partial charge is 0.395 e. The summed E-state index contributed by atoms with van der Waals surface area (Å²) in [5.41, 5.74) is 0.957. The quantitative estimate of drug-likeness (QED) is 0.853. The molecular formula is C13H13N3O2S2. The predicted octanol–water partition coefficient (Wildman–Crippen LogP) is 2.20. The van der Waals surface area contributed by atoms with Crippen LogP contribution >= 0.6 is 22.7 Å². The van der Waals surface area contributed by atoms with Crippen LogP contribution < -0.4 is 5.32 Å². The Labute approximate surface area is 124 Å². The van der Waals surface area contributed by atoms with Crippen LogP contribution in [0.3, 0.4) is 0 Å². The van der Waals surface area contributed by atoms with Gasteiger partial charge >= 0.3 is 0 Å². The van der Waals surface area contributed by atoms with E-state index < -0.39 is 0 Å². The third kappa shape index (κ3) is 3.63. The van der Waals surface area contributed by atoms with Crippen LogP contribution in [0.5, 0.6) is 0 Å². The Hall–Kier alpha value is -1.75. The summed E-state index contributed by atoms with van der Waals surface area (Å²) in [5.74, 6) is 5.61. The van der Waals surface area contributed by atoms with E-state index in [1.807, 2.05) is 13.8 Å². The van der Waals surface area contributed by atoms with E-state index in [2.05, 4.69) is 27.4 Å². The molecule has 104 valence electrons.